The standard InChI is InChI=1S/C15H18N2O2.C14H17NO2.C8H17NO2.C8H13NO2/c1-11(2)8-12(10-16)9-14(18)17-15(19)13-6-4-3-5-7-13;1-11(2)7-6-10-13(16)15-14(17)12-8-4-3-5-9-12;2*1-6(2)3-7(5-9)4-8(10)11/h3-7,11-12H,8-9H2,1-2H3,(H,17,18,19);3-6,8-11H,7H2,1-2H3,(H,15,16,17);6-7H,3-5,9H2,1-2H3,(H,10,11);6-7H,3-4H2,1-2H3,(H,10,11)/b;10-6+;;/t12-;;2*7-/m0.00/s1. The van der Waals surface area contributed by atoms with Crippen LogP contribution in [0.5, 0.6) is 0 Å². The van der Waals surface area contributed by atoms with Gasteiger partial charge in [0.05, 0.1) is 30.4 Å². The summed E-state index contributed by atoms with van der Waals surface area (Å²) < 4.78 is 0. The highest BCUT2D eigenvalue weighted by Crippen LogP contribution is 2.16. The Bertz CT molecular complexity index is 1630. The van der Waals surface area contributed by atoms with Crippen molar-refractivity contribution in [3.05, 3.63) is 83.9 Å². The summed E-state index contributed by atoms with van der Waals surface area (Å²) in [4.78, 5) is 66.9. The molecule has 0 heterocycles. The van der Waals surface area contributed by atoms with Crippen molar-refractivity contribution in [2.24, 2.45) is 47.2 Å². The second-order valence-corrected chi connectivity index (χ2v) is 15.5. The molecule has 6 N–H and O–H groups in total. The number of allylic oxidation sites excluding steroid dienone is 1. The fraction of sp³-hybridized carbons (Fsp3) is 0.511. The lowest BCUT2D eigenvalue weighted by molar-refractivity contribution is -0.139. The number of carboxylic acid groups (broad SMARTS) is 2. The lowest BCUT2D eigenvalue weighted by Gasteiger charge is -2.13. The van der Waals surface area contributed by atoms with E-state index < -0.39 is 23.8 Å². The number of hydrogen-bond acceptors (Lipinski definition) is 9. The van der Waals surface area contributed by atoms with Gasteiger partial charge in [-0.2, -0.15) is 10.5 Å². The van der Waals surface area contributed by atoms with Crippen molar-refractivity contribution in [1.29, 1.82) is 10.5 Å². The molecule has 0 aliphatic carbocycles. The van der Waals surface area contributed by atoms with E-state index in [0.29, 0.717) is 54.2 Å². The van der Waals surface area contributed by atoms with Crippen LogP contribution >= 0.6 is 0 Å². The van der Waals surface area contributed by atoms with Crippen molar-refractivity contribution in [1.82, 2.24) is 10.6 Å². The summed E-state index contributed by atoms with van der Waals surface area (Å²) in [6.07, 6.45) is 6.47. The average molecular weight is 804 g/mol. The third kappa shape index (κ3) is 31.5. The predicted molar refractivity (Wildman–Crippen MR) is 225 cm³/mol. The molecule has 0 spiro atoms. The van der Waals surface area contributed by atoms with Crippen LogP contribution in [-0.4, -0.2) is 52.3 Å². The van der Waals surface area contributed by atoms with Crippen molar-refractivity contribution >= 4 is 35.6 Å². The minimum Gasteiger partial charge on any atom is -0.481 e. The van der Waals surface area contributed by atoms with Crippen molar-refractivity contribution in [2.75, 3.05) is 6.54 Å². The molecule has 2 rings (SSSR count). The first-order valence-electron chi connectivity index (χ1n) is 19.6. The number of carbonyl (C=O) groups excluding carboxylic acids is 4. The van der Waals surface area contributed by atoms with Crippen LogP contribution in [0.15, 0.2) is 72.8 Å². The Balaban J connectivity index is 0. The van der Waals surface area contributed by atoms with Gasteiger partial charge in [0.15, 0.2) is 0 Å². The first-order chi connectivity index (χ1) is 27.2. The number of rotatable bonds is 18. The van der Waals surface area contributed by atoms with Crippen LogP contribution < -0.4 is 16.4 Å². The molecule has 0 bridgehead atoms. The zero-order valence-electron chi connectivity index (χ0n) is 35.4. The summed E-state index contributed by atoms with van der Waals surface area (Å²) >= 11 is 0. The molecule has 0 unspecified atom stereocenters. The van der Waals surface area contributed by atoms with Crippen LogP contribution in [0.3, 0.4) is 0 Å². The van der Waals surface area contributed by atoms with Crippen LogP contribution in [0, 0.1) is 64.1 Å². The second-order valence-electron chi connectivity index (χ2n) is 15.5. The lowest BCUT2D eigenvalue weighted by Crippen LogP contribution is -2.31. The Kier molecular flexibility index (Phi) is 30.4. The molecule has 0 saturated heterocycles. The largest absolute Gasteiger partial charge is 0.481 e. The summed E-state index contributed by atoms with van der Waals surface area (Å²) in [6, 6.07) is 21.3. The van der Waals surface area contributed by atoms with Crippen molar-refractivity contribution in [3.63, 3.8) is 0 Å². The summed E-state index contributed by atoms with van der Waals surface area (Å²) in [5.41, 5.74) is 6.33. The summed E-state index contributed by atoms with van der Waals surface area (Å²) in [5, 5.41) is 38.9. The molecule has 0 fully saturated rings. The molecular weight excluding hydrogens is 739 g/mol. The van der Waals surface area contributed by atoms with Crippen LogP contribution in [0.25, 0.3) is 0 Å². The van der Waals surface area contributed by atoms with Gasteiger partial charge in [0.1, 0.15) is 0 Å². The highest BCUT2D eigenvalue weighted by molar-refractivity contribution is 6.08. The number of imide groups is 2. The van der Waals surface area contributed by atoms with Gasteiger partial charge in [0.25, 0.3) is 11.8 Å². The number of nitrogens with two attached hydrogens (primary N) is 1. The number of nitrogens with one attached hydrogen (secondary N) is 2. The Labute approximate surface area is 345 Å². The maximum atomic E-state index is 11.7. The number of carboxylic acids is 2. The number of amides is 4. The van der Waals surface area contributed by atoms with E-state index in [-0.39, 0.29) is 48.8 Å². The number of aliphatic carboxylic acids is 2. The van der Waals surface area contributed by atoms with E-state index in [4.69, 9.17) is 26.5 Å². The van der Waals surface area contributed by atoms with Gasteiger partial charge in [0, 0.05) is 24.0 Å². The Hall–Kier alpha value is -5.66. The number of nitrogens with zero attached hydrogens (tertiary/aromatic N) is 2. The average Bonchev–Trinajstić information content (AvgIpc) is 3.14. The third-order valence-corrected chi connectivity index (χ3v) is 7.77. The second kappa shape index (κ2) is 32.4. The molecule has 4 amide bonds. The lowest BCUT2D eigenvalue weighted by atomic mass is 9.94. The van der Waals surface area contributed by atoms with Gasteiger partial charge in [-0.3, -0.25) is 39.4 Å². The molecule has 0 radical (unpaired) electrons. The highest BCUT2D eigenvalue weighted by atomic mass is 16.4. The molecule has 2 aromatic rings. The molecule has 0 saturated carbocycles. The van der Waals surface area contributed by atoms with Gasteiger partial charge < -0.3 is 15.9 Å². The van der Waals surface area contributed by atoms with E-state index in [2.05, 4.69) is 44.4 Å². The van der Waals surface area contributed by atoms with Gasteiger partial charge in [-0.25, -0.2) is 0 Å². The van der Waals surface area contributed by atoms with Crippen molar-refractivity contribution < 1.29 is 39.0 Å². The monoisotopic (exact) mass is 803 g/mol. The Morgan fingerprint density at radius 1 is 0.621 bits per heavy atom. The minimum absolute atomic E-state index is 0.0331. The van der Waals surface area contributed by atoms with Gasteiger partial charge in [-0.15, -0.1) is 0 Å². The number of carbonyl (C=O) groups is 6. The smallest absolute Gasteiger partial charge is 0.304 e. The molecule has 2 aromatic carbocycles. The maximum Gasteiger partial charge on any atom is 0.304 e. The van der Waals surface area contributed by atoms with Crippen molar-refractivity contribution in [2.45, 2.75) is 100 Å². The predicted octanol–water partition coefficient (Wildman–Crippen LogP) is 7.79. The van der Waals surface area contributed by atoms with Crippen LogP contribution in [0.4, 0.5) is 0 Å². The molecule has 13 heteroatoms. The van der Waals surface area contributed by atoms with Gasteiger partial charge in [-0.05, 0) is 92.2 Å². The minimum atomic E-state index is -0.891. The Morgan fingerprint density at radius 2 is 1.03 bits per heavy atom. The summed E-state index contributed by atoms with van der Waals surface area (Å²) in [6.45, 7) is 16.7. The highest BCUT2D eigenvalue weighted by Gasteiger charge is 2.17. The fourth-order valence-electron chi connectivity index (χ4n) is 5.21. The van der Waals surface area contributed by atoms with E-state index in [1.165, 1.54) is 6.08 Å². The number of benzene rings is 2. The number of hydrogen-bond donors (Lipinski definition) is 5. The number of nitriles is 2. The first-order valence-corrected chi connectivity index (χ1v) is 19.6. The fourth-order valence-corrected chi connectivity index (χ4v) is 5.21. The van der Waals surface area contributed by atoms with Gasteiger partial charge in [-0.1, -0.05) is 97.9 Å². The topological polar surface area (TPSA) is 241 Å². The molecule has 13 nitrogen and oxygen atoms in total. The van der Waals surface area contributed by atoms with E-state index in [9.17, 15) is 28.8 Å². The maximum absolute atomic E-state index is 11.7. The van der Waals surface area contributed by atoms with Gasteiger partial charge in [0.2, 0.25) is 11.8 Å². The van der Waals surface area contributed by atoms with Crippen molar-refractivity contribution in [3.8, 4) is 12.1 Å². The van der Waals surface area contributed by atoms with E-state index in [0.717, 1.165) is 12.8 Å². The van der Waals surface area contributed by atoms with Crippen LogP contribution in [0.2, 0.25) is 0 Å². The Morgan fingerprint density at radius 3 is 1.40 bits per heavy atom. The summed E-state index contributed by atoms with van der Waals surface area (Å²) in [7, 11) is 0. The third-order valence-electron chi connectivity index (χ3n) is 7.77. The van der Waals surface area contributed by atoms with E-state index in [1.807, 2.05) is 39.8 Å². The van der Waals surface area contributed by atoms with E-state index in [1.54, 1.807) is 60.7 Å². The normalized spacial score (nSPS) is 11.9. The molecular formula is C45H65N5O8. The van der Waals surface area contributed by atoms with Crippen LogP contribution in [-0.2, 0) is 19.2 Å². The quantitative estimate of drug-likeness (QED) is 0.0911. The zero-order chi connectivity index (χ0) is 44.6. The molecule has 3 atom stereocenters. The van der Waals surface area contributed by atoms with E-state index >= 15 is 0 Å². The SMILES string of the molecule is CC(C)C/C=C/C(=O)NC(=O)c1ccccc1.CC(C)C[C@H](C#N)CC(=O)NC(=O)c1ccccc1.CC(C)C[C@H](C#N)CC(=O)O.CC(C)C[C@H](CN)CC(=O)O. The molecule has 0 aromatic heterocycles. The first kappa shape index (κ1) is 54.4. The molecule has 318 valence electrons. The van der Waals surface area contributed by atoms with Crippen LogP contribution in [0.1, 0.15) is 121 Å². The summed E-state index contributed by atoms with van der Waals surface area (Å²) in [5.74, 6) is -1.97. The molecule has 0 aliphatic rings. The van der Waals surface area contributed by atoms with Gasteiger partial charge >= 0.3 is 11.9 Å². The zero-order valence-corrected chi connectivity index (χ0v) is 35.4. The molecule has 58 heavy (non-hydrogen) atoms. The molecule has 0 aliphatic heterocycles.